The average molecular weight is 242 g/mol. The molecular formula is C12H22N2OS. The predicted octanol–water partition coefficient (Wildman–Crippen LogP) is 1.35. The highest BCUT2D eigenvalue weighted by molar-refractivity contribution is 7.98. The van der Waals surface area contributed by atoms with Crippen molar-refractivity contribution in [3.05, 3.63) is 11.6 Å². The number of hydrogen-bond acceptors (Lipinski definition) is 4. The third kappa shape index (κ3) is 2.62. The van der Waals surface area contributed by atoms with E-state index in [1.54, 1.807) is 5.57 Å². The molecule has 0 aromatic carbocycles. The molecule has 2 heterocycles. The molecule has 0 aliphatic carbocycles. The quantitative estimate of drug-likeness (QED) is 0.597. The van der Waals surface area contributed by atoms with Gasteiger partial charge in [0.2, 0.25) is 0 Å². The number of aliphatic hydroxyl groups is 1. The van der Waals surface area contributed by atoms with Crippen LogP contribution in [0.4, 0.5) is 0 Å². The number of hydrogen-bond donors (Lipinski definition) is 1. The van der Waals surface area contributed by atoms with Gasteiger partial charge in [-0.05, 0) is 32.6 Å². The zero-order chi connectivity index (χ0) is 11.5. The molecule has 0 saturated carbocycles. The number of rotatable bonds is 3. The molecule has 92 valence electrons. The highest BCUT2D eigenvalue weighted by Crippen LogP contribution is 2.30. The second-order valence-corrected chi connectivity index (χ2v) is 5.64. The highest BCUT2D eigenvalue weighted by atomic mass is 32.2. The van der Waals surface area contributed by atoms with E-state index in [1.807, 2.05) is 6.26 Å². The van der Waals surface area contributed by atoms with Crippen LogP contribution in [-0.2, 0) is 0 Å². The molecule has 0 amide bonds. The zero-order valence-electron chi connectivity index (χ0n) is 10.2. The summed E-state index contributed by atoms with van der Waals surface area (Å²) in [5.41, 5.74) is 1.22. The van der Waals surface area contributed by atoms with Gasteiger partial charge in [-0.25, -0.2) is 0 Å². The summed E-state index contributed by atoms with van der Waals surface area (Å²) < 4.78 is 0. The first-order valence-electron chi connectivity index (χ1n) is 6.06. The van der Waals surface area contributed by atoms with Crippen LogP contribution in [0.25, 0.3) is 0 Å². The van der Waals surface area contributed by atoms with Crippen LogP contribution in [0.5, 0.6) is 0 Å². The van der Waals surface area contributed by atoms with Crippen molar-refractivity contribution < 1.29 is 5.11 Å². The number of likely N-dealkylation sites (tertiary alicyclic amines) is 1. The lowest BCUT2D eigenvalue weighted by atomic mass is 9.98. The van der Waals surface area contributed by atoms with Gasteiger partial charge in [-0.3, -0.25) is 4.90 Å². The van der Waals surface area contributed by atoms with Gasteiger partial charge in [0.1, 0.15) is 0 Å². The summed E-state index contributed by atoms with van der Waals surface area (Å²) in [7, 11) is 2.16. The molecule has 0 radical (unpaired) electrons. The molecule has 0 bridgehead atoms. The number of likely N-dealkylation sites (N-methyl/N-ethyl adjacent to an activating group) is 1. The van der Waals surface area contributed by atoms with Gasteiger partial charge in [-0.1, -0.05) is 11.6 Å². The minimum absolute atomic E-state index is 0.326. The zero-order valence-corrected chi connectivity index (χ0v) is 11.0. The molecule has 3 nitrogen and oxygen atoms in total. The Hall–Kier alpha value is -0.0300. The molecule has 2 rings (SSSR count). The minimum Gasteiger partial charge on any atom is -0.369 e. The second-order valence-electron chi connectivity index (χ2n) is 4.75. The van der Waals surface area contributed by atoms with Crippen molar-refractivity contribution in [1.29, 1.82) is 0 Å². The maximum absolute atomic E-state index is 9.96. The minimum atomic E-state index is -0.326. The molecule has 0 aromatic rings. The Morgan fingerprint density at radius 1 is 1.50 bits per heavy atom. The molecule has 2 aliphatic rings. The fourth-order valence-electron chi connectivity index (χ4n) is 2.68. The van der Waals surface area contributed by atoms with Crippen molar-refractivity contribution >= 4 is 11.8 Å². The van der Waals surface area contributed by atoms with Crippen LogP contribution in [0.1, 0.15) is 19.3 Å². The first-order chi connectivity index (χ1) is 7.72. The normalized spacial score (nSPS) is 30.4. The van der Waals surface area contributed by atoms with Crippen LogP contribution in [0, 0.1) is 0 Å². The number of nitrogens with zero attached hydrogens (tertiary/aromatic N) is 2. The van der Waals surface area contributed by atoms with Gasteiger partial charge in [0, 0.05) is 25.7 Å². The van der Waals surface area contributed by atoms with Crippen LogP contribution in [-0.4, -0.2) is 59.4 Å². The van der Waals surface area contributed by atoms with Gasteiger partial charge in [0.25, 0.3) is 0 Å². The van der Waals surface area contributed by atoms with E-state index in [9.17, 15) is 5.11 Å². The topological polar surface area (TPSA) is 26.7 Å². The Bertz CT molecular complexity index is 270. The molecule has 1 unspecified atom stereocenters. The van der Waals surface area contributed by atoms with Crippen LogP contribution in [0.15, 0.2) is 11.6 Å². The molecule has 1 fully saturated rings. The second kappa shape index (κ2) is 5.54. The van der Waals surface area contributed by atoms with E-state index in [-0.39, 0.29) is 5.56 Å². The van der Waals surface area contributed by atoms with Gasteiger partial charge in [-0.15, -0.1) is 11.8 Å². The van der Waals surface area contributed by atoms with E-state index in [0.29, 0.717) is 6.04 Å². The summed E-state index contributed by atoms with van der Waals surface area (Å²) in [4.78, 5) is 4.59. The van der Waals surface area contributed by atoms with Crippen molar-refractivity contribution in [2.24, 2.45) is 0 Å². The summed E-state index contributed by atoms with van der Waals surface area (Å²) >= 11 is 1.53. The van der Waals surface area contributed by atoms with E-state index in [4.69, 9.17) is 0 Å². The molecular weight excluding hydrogens is 220 g/mol. The lowest BCUT2D eigenvalue weighted by Gasteiger charge is -2.33. The van der Waals surface area contributed by atoms with Crippen LogP contribution in [0.2, 0.25) is 0 Å². The van der Waals surface area contributed by atoms with Crippen molar-refractivity contribution in [2.75, 3.05) is 32.9 Å². The highest BCUT2D eigenvalue weighted by Gasteiger charge is 2.32. The van der Waals surface area contributed by atoms with Crippen LogP contribution < -0.4 is 0 Å². The predicted molar refractivity (Wildman–Crippen MR) is 69.4 cm³/mol. The summed E-state index contributed by atoms with van der Waals surface area (Å²) in [6.45, 7) is 3.26. The maximum Gasteiger partial charge on any atom is 0.155 e. The van der Waals surface area contributed by atoms with Gasteiger partial charge in [-0.2, -0.15) is 0 Å². The van der Waals surface area contributed by atoms with Crippen molar-refractivity contribution in [3.63, 3.8) is 0 Å². The maximum atomic E-state index is 9.96. The molecule has 0 spiro atoms. The molecule has 2 atom stereocenters. The first kappa shape index (κ1) is 12.4. The lowest BCUT2D eigenvalue weighted by Crippen LogP contribution is -2.40. The summed E-state index contributed by atoms with van der Waals surface area (Å²) in [6.07, 6.45) is 7.93. The van der Waals surface area contributed by atoms with Gasteiger partial charge >= 0.3 is 0 Å². The largest absolute Gasteiger partial charge is 0.369 e. The number of aliphatic hydroxyl groups excluding tert-OH is 1. The van der Waals surface area contributed by atoms with E-state index in [1.165, 1.54) is 31.0 Å². The van der Waals surface area contributed by atoms with E-state index in [0.717, 1.165) is 19.6 Å². The van der Waals surface area contributed by atoms with Crippen LogP contribution >= 0.6 is 11.8 Å². The van der Waals surface area contributed by atoms with E-state index < -0.39 is 0 Å². The smallest absolute Gasteiger partial charge is 0.155 e. The van der Waals surface area contributed by atoms with Gasteiger partial charge in [0.15, 0.2) is 5.56 Å². The molecule has 2 aliphatic heterocycles. The van der Waals surface area contributed by atoms with Gasteiger partial charge < -0.3 is 10.0 Å². The summed E-state index contributed by atoms with van der Waals surface area (Å²) in [5.74, 6) is 0. The van der Waals surface area contributed by atoms with Crippen molar-refractivity contribution in [3.8, 4) is 0 Å². The third-order valence-corrected chi connectivity index (χ3v) is 4.36. The fourth-order valence-corrected chi connectivity index (χ4v) is 3.20. The van der Waals surface area contributed by atoms with Crippen LogP contribution in [0.3, 0.4) is 0 Å². The Morgan fingerprint density at radius 2 is 2.31 bits per heavy atom. The monoisotopic (exact) mass is 242 g/mol. The summed E-state index contributed by atoms with van der Waals surface area (Å²) in [5, 5.41) is 9.96. The Balaban J connectivity index is 2.02. The number of thioether (sulfide) groups is 1. The molecule has 0 aromatic heterocycles. The van der Waals surface area contributed by atoms with E-state index >= 15 is 0 Å². The Kier molecular flexibility index (Phi) is 4.30. The van der Waals surface area contributed by atoms with E-state index in [2.05, 4.69) is 22.9 Å². The average Bonchev–Trinajstić information content (AvgIpc) is 2.78. The SMILES string of the molecule is CSC(O)N1CCC[C@H]1C1=CCN(C)CC1. The molecule has 4 heteroatoms. The van der Waals surface area contributed by atoms with Gasteiger partial charge in [0.05, 0.1) is 0 Å². The molecule has 1 N–H and O–H groups in total. The van der Waals surface area contributed by atoms with Crippen molar-refractivity contribution in [2.45, 2.75) is 30.9 Å². The Labute approximate surface area is 102 Å². The third-order valence-electron chi connectivity index (χ3n) is 3.66. The first-order valence-corrected chi connectivity index (χ1v) is 7.35. The Morgan fingerprint density at radius 3 is 2.94 bits per heavy atom. The molecule has 1 saturated heterocycles. The van der Waals surface area contributed by atoms with Crippen molar-refractivity contribution in [1.82, 2.24) is 9.80 Å². The summed E-state index contributed by atoms with van der Waals surface area (Å²) in [6, 6.07) is 0.496. The lowest BCUT2D eigenvalue weighted by molar-refractivity contribution is 0.0739. The standard InChI is InChI=1S/C12H22N2OS/c1-13-8-5-10(6-9-13)11-4-3-7-14(11)12(15)16-2/h5,11-12,15H,3-4,6-9H2,1-2H3/t11-,12?/m0/s1. The fraction of sp³-hybridized carbons (Fsp3) is 0.833. The molecule has 16 heavy (non-hydrogen) atoms.